The SMILES string of the molecule is CCCc1nn(C)c(NCc2cccc(C)n2)c1N. The lowest BCUT2D eigenvalue weighted by Crippen LogP contribution is -2.07. The summed E-state index contributed by atoms with van der Waals surface area (Å²) in [5.41, 5.74) is 9.84. The second-order valence-electron chi connectivity index (χ2n) is 4.71. The number of nitrogens with one attached hydrogen (secondary N) is 1. The van der Waals surface area contributed by atoms with E-state index in [4.69, 9.17) is 5.73 Å². The van der Waals surface area contributed by atoms with Crippen molar-refractivity contribution in [2.45, 2.75) is 33.2 Å². The Hall–Kier alpha value is -2.04. The zero-order chi connectivity index (χ0) is 13.8. The molecule has 0 atom stereocenters. The van der Waals surface area contributed by atoms with E-state index in [1.807, 2.05) is 32.2 Å². The number of nitrogen functional groups attached to an aromatic ring is 1. The quantitative estimate of drug-likeness (QED) is 0.864. The van der Waals surface area contributed by atoms with Crippen molar-refractivity contribution in [3.63, 3.8) is 0 Å². The molecule has 0 aliphatic rings. The predicted octanol–water partition coefficient (Wildman–Crippen LogP) is 2.27. The topological polar surface area (TPSA) is 68.8 Å². The Kier molecular flexibility index (Phi) is 4.04. The Labute approximate surface area is 113 Å². The maximum atomic E-state index is 6.12. The molecule has 19 heavy (non-hydrogen) atoms. The highest BCUT2D eigenvalue weighted by molar-refractivity contribution is 5.65. The molecule has 0 radical (unpaired) electrons. The average molecular weight is 259 g/mol. The maximum absolute atomic E-state index is 6.12. The number of nitrogens with zero attached hydrogens (tertiary/aromatic N) is 3. The minimum absolute atomic E-state index is 0.650. The van der Waals surface area contributed by atoms with Crippen LogP contribution in [0, 0.1) is 6.92 Å². The molecule has 5 nitrogen and oxygen atoms in total. The fourth-order valence-corrected chi connectivity index (χ4v) is 2.10. The number of hydrogen-bond acceptors (Lipinski definition) is 4. The van der Waals surface area contributed by atoms with Crippen LogP contribution in [0.3, 0.4) is 0 Å². The molecule has 0 spiro atoms. The molecule has 0 saturated heterocycles. The molecule has 0 bridgehead atoms. The van der Waals surface area contributed by atoms with E-state index in [0.717, 1.165) is 41.4 Å². The van der Waals surface area contributed by atoms with E-state index in [-0.39, 0.29) is 0 Å². The summed E-state index contributed by atoms with van der Waals surface area (Å²) in [5.74, 6) is 0.867. The highest BCUT2D eigenvalue weighted by Crippen LogP contribution is 2.23. The lowest BCUT2D eigenvalue weighted by molar-refractivity contribution is 0.734. The maximum Gasteiger partial charge on any atom is 0.148 e. The highest BCUT2D eigenvalue weighted by Gasteiger charge is 2.12. The Morgan fingerprint density at radius 3 is 2.84 bits per heavy atom. The second-order valence-corrected chi connectivity index (χ2v) is 4.71. The van der Waals surface area contributed by atoms with E-state index >= 15 is 0 Å². The summed E-state index contributed by atoms with van der Waals surface area (Å²) in [7, 11) is 1.90. The summed E-state index contributed by atoms with van der Waals surface area (Å²) in [6.07, 6.45) is 1.95. The van der Waals surface area contributed by atoms with Gasteiger partial charge < -0.3 is 11.1 Å². The lowest BCUT2D eigenvalue weighted by atomic mass is 10.2. The predicted molar refractivity (Wildman–Crippen MR) is 77.9 cm³/mol. The molecule has 2 aromatic rings. The van der Waals surface area contributed by atoms with Gasteiger partial charge in [0.25, 0.3) is 0 Å². The fraction of sp³-hybridized carbons (Fsp3) is 0.429. The van der Waals surface area contributed by atoms with Crippen molar-refractivity contribution >= 4 is 11.5 Å². The molecule has 0 aliphatic carbocycles. The first-order valence-electron chi connectivity index (χ1n) is 6.59. The Bertz CT molecular complexity index is 559. The minimum atomic E-state index is 0.650. The molecule has 2 heterocycles. The summed E-state index contributed by atoms with van der Waals surface area (Å²) in [6, 6.07) is 6.00. The van der Waals surface area contributed by atoms with Crippen LogP contribution in [0.4, 0.5) is 11.5 Å². The van der Waals surface area contributed by atoms with Gasteiger partial charge >= 0.3 is 0 Å². The van der Waals surface area contributed by atoms with Crippen molar-refractivity contribution in [3.8, 4) is 0 Å². The molecule has 102 valence electrons. The van der Waals surface area contributed by atoms with Crippen LogP contribution in [0.15, 0.2) is 18.2 Å². The van der Waals surface area contributed by atoms with Crippen molar-refractivity contribution < 1.29 is 0 Å². The highest BCUT2D eigenvalue weighted by atomic mass is 15.3. The van der Waals surface area contributed by atoms with Gasteiger partial charge in [-0.05, 0) is 25.5 Å². The van der Waals surface area contributed by atoms with Gasteiger partial charge in [0.15, 0.2) is 0 Å². The van der Waals surface area contributed by atoms with Crippen LogP contribution < -0.4 is 11.1 Å². The summed E-state index contributed by atoms with van der Waals surface area (Å²) in [5, 5.41) is 7.76. The first-order valence-corrected chi connectivity index (χ1v) is 6.59. The number of rotatable bonds is 5. The average Bonchev–Trinajstić information content (AvgIpc) is 2.63. The standard InChI is InChI=1S/C14H21N5/c1-4-6-12-13(15)14(19(3)18-12)16-9-11-8-5-7-10(2)17-11/h5,7-8,16H,4,6,9,15H2,1-3H3. The van der Waals surface area contributed by atoms with Gasteiger partial charge in [0.05, 0.1) is 23.6 Å². The van der Waals surface area contributed by atoms with Gasteiger partial charge in [-0.1, -0.05) is 19.4 Å². The van der Waals surface area contributed by atoms with Crippen molar-refractivity contribution in [3.05, 3.63) is 35.3 Å². The van der Waals surface area contributed by atoms with Crippen molar-refractivity contribution in [2.24, 2.45) is 7.05 Å². The van der Waals surface area contributed by atoms with Gasteiger partial charge in [0, 0.05) is 12.7 Å². The van der Waals surface area contributed by atoms with E-state index in [9.17, 15) is 0 Å². The third-order valence-corrected chi connectivity index (χ3v) is 3.03. The Balaban J connectivity index is 2.11. The molecule has 2 aromatic heterocycles. The summed E-state index contributed by atoms with van der Waals surface area (Å²) < 4.78 is 1.80. The molecule has 2 rings (SSSR count). The largest absolute Gasteiger partial charge is 0.394 e. The lowest BCUT2D eigenvalue weighted by Gasteiger charge is -2.07. The number of anilines is 2. The number of pyridine rings is 1. The van der Waals surface area contributed by atoms with Gasteiger partial charge in [-0.3, -0.25) is 9.67 Å². The molecule has 0 saturated carbocycles. The van der Waals surface area contributed by atoms with Gasteiger partial charge in [-0.25, -0.2) is 0 Å². The van der Waals surface area contributed by atoms with Gasteiger partial charge in [0.2, 0.25) is 0 Å². The molecule has 0 fully saturated rings. The van der Waals surface area contributed by atoms with Crippen molar-refractivity contribution in [1.29, 1.82) is 0 Å². The number of nitrogens with two attached hydrogens (primary N) is 1. The zero-order valence-corrected chi connectivity index (χ0v) is 11.8. The molecular weight excluding hydrogens is 238 g/mol. The molecule has 0 aromatic carbocycles. The first-order chi connectivity index (χ1) is 9.11. The van der Waals surface area contributed by atoms with Crippen LogP contribution in [0.2, 0.25) is 0 Å². The number of aromatic nitrogens is 3. The van der Waals surface area contributed by atoms with Gasteiger partial charge in [0.1, 0.15) is 5.82 Å². The van der Waals surface area contributed by atoms with Crippen LogP contribution in [-0.4, -0.2) is 14.8 Å². The van der Waals surface area contributed by atoms with Crippen molar-refractivity contribution in [1.82, 2.24) is 14.8 Å². The smallest absolute Gasteiger partial charge is 0.148 e. The van der Waals surface area contributed by atoms with Gasteiger partial charge in [-0.15, -0.1) is 0 Å². The second kappa shape index (κ2) is 5.73. The molecular formula is C14H21N5. The van der Waals surface area contributed by atoms with Crippen LogP contribution in [0.25, 0.3) is 0 Å². The summed E-state index contributed by atoms with van der Waals surface area (Å²) in [4.78, 5) is 4.46. The van der Waals surface area contributed by atoms with Crippen LogP contribution in [-0.2, 0) is 20.0 Å². The van der Waals surface area contributed by atoms with E-state index in [1.54, 1.807) is 4.68 Å². The Morgan fingerprint density at radius 1 is 1.37 bits per heavy atom. The third kappa shape index (κ3) is 3.05. The third-order valence-electron chi connectivity index (χ3n) is 3.03. The summed E-state index contributed by atoms with van der Waals surface area (Å²) >= 11 is 0. The van der Waals surface area contributed by atoms with Crippen LogP contribution in [0.1, 0.15) is 30.4 Å². The molecule has 0 amide bonds. The van der Waals surface area contributed by atoms with Crippen LogP contribution in [0.5, 0.6) is 0 Å². The van der Waals surface area contributed by atoms with E-state index in [0.29, 0.717) is 6.54 Å². The monoisotopic (exact) mass is 259 g/mol. The Morgan fingerprint density at radius 2 is 2.16 bits per heavy atom. The van der Waals surface area contributed by atoms with E-state index in [2.05, 4.69) is 22.3 Å². The fourth-order valence-electron chi connectivity index (χ4n) is 2.10. The van der Waals surface area contributed by atoms with E-state index in [1.165, 1.54) is 0 Å². The molecule has 5 heteroatoms. The number of hydrogen-bond donors (Lipinski definition) is 2. The zero-order valence-electron chi connectivity index (χ0n) is 11.8. The first kappa shape index (κ1) is 13.4. The number of aryl methyl sites for hydroxylation is 3. The molecule has 0 unspecified atom stereocenters. The minimum Gasteiger partial charge on any atom is -0.394 e. The van der Waals surface area contributed by atoms with Crippen molar-refractivity contribution in [2.75, 3.05) is 11.1 Å². The van der Waals surface area contributed by atoms with Crippen LogP contribution >= 0.6 is 0 Å². The molecule has 3 N–H and O–H groups in total. The molecule has 0 aliphatic heterocycles. The van der Waals surface area contributed by atoms with Gasteiger partial charge in [-0.2, -0.15) is 5.10 Å². The van der Waals surface area contributed by atoms with E-state index < -0.39 is 0 Å². The summed E-state index contributed by atoms with van der Waals surface area (Å²) in [6.45, 7) is 4.76. The normalized spacial score (nSPS) is 10.7.